The summed E-state index contributed by atoms with van der Waals surface area (Å²) in [5, 5.41) is -0.743. The lowest BCUT2D eigenvalue weighted by atomic mass is 10.1. The molecule has 0 aromatic heterocycles. The molecule has 1 amide bonds. The summed E-state index contributed by atoms with van der Waals surface area (Å²) >= 11 is 17.3. The van der Waals surface area contributed by atoms with Crippen LogP contribution in [0.4, 0.5) is 0 Å². The maximum absolute atomic E-state index is 12.0. The molecule has 0 heterocycles. The molecule has 0 aliphatic rings. The van der Waals surface area contributed by atoms with Crippen LogP contribution in [-0.2, 0) is 4.84 Å². The average molecular weight is 339 g/mol. The maximum Gasteiger partial charge on any atom is 0.277 e. The van der Waals surface area contributed by atoms with Gasteiger partial charge in [-0.1, -0.05) is 37.0 Å². The minimum Gasteiger partial charge on any atom is -0.276 e. The van der Waals surface area contributed by atoms with Crippen molar-refractivity contribution in [2.75, 3.05) is 0 Å². The summed E-state index contributed by atoms with van der Waals surface area (Å²) in [4.78, 5) is 28.5. The Labute approximate surface area is 132 Å². The van der Waals surface area contributed by atoms with Crippen LogP contribution in [0.5, 0.6) is 0 Å². The second-order valence-corrected chi connectivity index (χ2v) is 5.17. The lowest BCUT2D eigenvalue weighted by molar-refractivity contribution is -0.0188. The van der Waals surface area contributed by atoms with Crippen molar-refractivity contribution in [3.8, 4) is 0 Å². The molecule has 20 heavy (non-hydrogen) atoms. The number of nitrogens with one attached hydrogen (secondary N) is 1. The van der Waals surface area contributed by atoms with Gasteiger partial charge in [0, 0.05) is 0 Å². The smallest absolute Gasteiger partial charge is 0.276 e. The van der Waals surface area contributed by atoms with Crippen molar-refractivity contribution in [2.24, 2.45) is 0 Å². The van der Waals surface area contributed by atoms with Crippen molar-refractivity contribution in [3.63, 3.8) is 0 Å². The van der Waals surface area contributed by atoms with E-state index in [9.17, 15) is 9.59 Å². The third kappa shape index (κ3) is 4.09. The first-order valence-corrected chi connectivity index (χ1v) is 7.19. The number of hydrogen-bond acceptors (Lipinski definition) is 3. The van der Waals surface area contributed by atoms with E-state index in [-0.39, 0.29) is 27.3 Å². The predicted octanol–water partition coefficient (Wildman–Crippen LogP) is 4.22. The zero-order valence-electron chi connectivity index (χ0n) is 11.0. The largest absolute Gasteiger partial charge is 0.277 e. The highest BCUT2D eigenvalue weighted by molar-refractivity contribution is 6.69. The Morgan fingerprint density at radius 2 is 1.85 bits per heavy atom. The number of amides is 1. The molecular weight excluding hydrogens is 325 g/mol. The molecule has 0 saturated heterocycles. The van der Waals surface area contributed by atoms with Crippen LogP contribution in [0.2, 0.25) is 10.0 Å². The molecule has 1 aromatic carbocycles. The first-order valence-electron chi connectivity index (χ1n) is 6.06. The van der Waals surface area contributed by atoms with E-state index >= 15 is 0 Å². The molecule has 4 nitrogen and oxygen atoms in total. The quantitative estimate of drug-likeness (QED) is 0.624. The summed E-state index contributed by atoms with van der Waals surface area (Å²) in [7, 11) is 0. The number of halogens is 3. The molecule has 0 bridgehead atoms. The van der Waals surface area contributed by atoms with Crippen LogP contribution in [0.15, 0.2) is 12.1 Å². The molecule has 0 aliphatic heterocycles. The molecule has 0 radical (unpaired) electrons. The van der Waals surface area contributed by atoms with E-state index in [0.717, 1.165) is 12.8 Å². The maximum atomic E-state index is 12.0. The minimum absolute atomic E-state index is 0.0189. The fourth-order valence-electron chi connectivity index (χ4n) is 1.56. The van der Waals surface area contributed by atoms with Crippen molar-refractivity contribution < 1.29 is 14.4 Å². The van der Waals surface area contributed by atoms with Gasteiger partial charge in [-0.25, -0.2) is 5.48 Å². The van der Waals surface area contributed by atoms with Crippen LogP contribution < -0.4 is 5.48 Å². The molecule has 0 saturated carbocycles. The van der Waals surface area contributed by atoms with E-state index in [1.807, 2.05) is 13.8 Å². The third-order valence-corrected chi connectivity index (χ3v) is 3.67. The van der Waals surface area contributed by atoms with Gasteiger partial charge in [0.2, 0.25) is 0 Å². The van der Waals surface area contributed by atoms with Gasteiger partial charge in [-0.3, -0.25) is 14.4 Å². The summed E-state index contributed by atoms with van der Waals surface area (Å²) in [6, 6.07) is 2.74. The molecule has 1 aromatic rings. The third-order valence-electron chi connectivity index (χ3n) is 2.76. The molecule has 0 unspecified atom stereocenters. The monoisotopic (exact) mass is 337 g/mol. The Hall–Kier alpha value is -0.810. The minimum atomic E-state index is -0.762. The molecule has 0 aliphatic carbocycles. The molecule has 0 atom stereocenters. The average Bonchev–Trinajstić information content (AvgIpc) is 2.39. The number of carbonyl (C=O) groups is 2. The molecule has 110 valence electrons. The van der Waals surface area contributed by atoms with Gasteiger partial charge in [-0.15, -0.1) is 0 Å². The highest BCUT2D eigenvalue weighted by atomic mass is 35.5. The van der Waals surface area contributed by atoms with Crippen LogP contribution in [0.3, 0.4) is 0 Å². The first kappa shape index (κ1) is 17.2. The van der Waals surface area contributed by atoms with Gasteiger partial charge < -0.3 is 0 Å². The van der Waals surface area contributed by atoms with E-state index < -0.39 is 11.1 Å². The van der Waals surface area contributed by atoms with Crippen LogP contribution >= 0.6 is 34.8 Å². The summed E-state index contributed by atoms with van der Waals surface area (Å²) < 4.78 is 0. The van der Waals surface area contributed by atoms with E-state index in [1.54, 1.807) is 0 Å². The number of hydrogen-bond donors (Lipinski definition) is 1. The molecule has 1 N–H and O–H groups in total. The first-order chi connectivity index (χ1) is 9.42. The summed E-state index contributed by atoms with van der Waals surface area (Å²) in [5.41, 5.74) is 2.27. The summed E-state index contributed by atoms with van der Waals surface area (Å²) in [6.45, 7) is 3.88. The number of rotatable bonds is 6. The van der Waals surface area contributed by atoms with Crippen molar-refractivity contribution in [1.29, 1.82) is 0 Å². The van der Waals surface area contributed by atoms with Gasteiger partial charge in [0.25, 0.3) is 11.1 Å². The van der Waals surface area contributed by atoms with Gasteiger partial charge in [0.1, 0.15) is 0 Å². The fraction of sp³-hybridized carbons (Fsp3) is 0.385. The Morgan fingerprint density at radius 3 is 2.35 bits per heavy atom. The zero-order chi connectivity index (χ0) is 15.3. The van der Waals surface area contributed by atoms with Crippen LogP contribution in [0.25, 0.3) is 0 Å². The Balaban J connectivity index is 2.98. The van der Waals surface area contributed by atoms with Crippen LogP contribution in [0.1, 0.15) is 47.4 Å². The highest BCUT2D eigenvalue weighted by Gasteiger charge is 2.21. The topological polar surface area (TPSA) is 55.4 Å². The Kier molecular flexibility index (Phi) is 6.76. The van der Waals surface area contributed by atoms with Crippen molar-refractivity contribution in [2.45, 2.75) is 32.8 Å². The second-order valence-electron chi connectivity index (χ2n) is 4.05. The standard InChI is InChI=1S/C13H14Cl3NO3/c1-3-7(4-2)20-17-13(19)10-9(14)6-5-8(11(10)15)12(16)18/h5-7H,3-4H2,1-2H3,(H,17,19). The van der Waals surface area contributed by atoms with E-state index in [4.69, 9.17) is 39.6 Å². The van der Waals surface area contributed by atoms with E-state index in [1.165, 1.54) is 12.1 Å². The number of hydroxylamine groups is 1. The molecular formula is C13H14Cl3NO3. The molecule has 0 fully saturated rings. The van der Waals surface area contributed by atoms with Gasteiger partial charge in [0.15, 0.2) is 0 Å². The normalized spacial score (nSPS) is 10.7. The van der Waals surface area contributed by atoms with Crippen molar-refractivity contribution in [3.05, 3.63) is 33.3 Å². The van der Waals surface area contributed by atoms with E-state index in [2.05, 4.69) is 5.48 Å². The lowest BCUT2D eigenvalue weighted by Gasteiger charge is -2.15. The zero-order valence-corrected chi connectivity index (χ0v) is 13.3. The SMILES string of the molecule is CCC(CC)ONC(=O)c1c(Cl)ccc(C(=O)Cl)c1Cl. The summed E-state index contributed by atoms with van der Waals surface area (Å²) in [5.74, 6) is -0.619. The number of benzene rings is 1. The second kappa shape index (κ2) is 7.84. The van der Waals surface area contributed by atoms with Gasteiger partial charge in [0.05, 0.1) is 27.3 Å². The molecule has 0 spiro atoms. The molecule has 1 rings (SSSR count). The van der Waals surface area contributed by atoms with E-state index in [0.29, 0.717) is 0 Å². The predicted molar refractivity (Wildman–Crippen MR) is 79.6 cm³/mol. The highest BCUT2D eigenvalue weighted by Crippen LogP contribution is 2.29. The lowest BCUT2D eigenvalue weighted by Crippen LogP contribution is -2.29. The van der Waals surface area contributed by atoms with Crippen LogP contribution in [0, 0.1) is 0 Å². The van der Waals surface area contributed by atoms with Crippen molar-refractivity contribution >= 4 is 46.0 Å². The van der Waals surface area contributed by atoms with Gasteiger partial charge in [-0.2, -0.15) is 0 Å². The summed E-state index contributed by atoms with van der Waals surface area (Å²) in [6.07, 6.45) is 1.39. The molecule has 7 heteroatoms. The Morgan fingerprint density at radius 1 is 1.25 bits per heavy atom. The van der Waals surface area contributed by atoms with Gasteiger partial charge >= 0.3 is 0 Å². The van der Waals surface area contributed by atoms with Crippen LogP contribution in [-0.4, -0.2) is 17.3 Å². The van der Waals surface area contributed by atoms with Crippen molar-refractivity contribution in [1.82, 2.24) is 5.48 Å². The Bertz CT molecular complexity index is 516. The number of carbonyl (C=O) groups excluding carboxylic acids is 2. The van der Waals surface area contributed by atoms with Gasteiger partial charge in [-0.05, 0) is 36.6 Å². The fourth-order valence-corrected chi connectivity index (χ4v) is 2.39.